The monoisotopic (exact) mass is 614 g/mol. The van der Waals surface area contributed by atoms with Crippen LogP contribution in [0, 0.1) is 11.8 Å². The van der Waals surface area contributed by atoms with Crippen molar-refractivity contribution in [1.29, 1.82) is 0 Å². The number of ether oxygens (including phenoxy) is 2. The number of hydrogen-bond acceptors (Lipinski definition) is 10. The Morgan fingerprint density at radius 1 is 0.705 bits per heavy atom. The summed E-state index contributed by atoms with van der Waals surface area (Å²) in [5.41, 5.74) is -4.75. The first-order valence-corrected chi connectivity index (χ1v) is 14.6. The molecular weight excluding hydrogens is 572 g/mol. The summed E-state index contributed by atoms with van der Waals surface area (Å²) in [5, 5.41) is 5.21. The highest BCUT2D eigenvalue weighted by molar-refractivity contribution is 6.02. The summed E-state index contributed by atoms with van der Waals surface area (Å²) < 4.78 is 12.7. The number of hydrogen-bond donors (Lipinski definition) is 2. The fourth-order valence-corrected chi connectivity index (χ4v) is 4.46. The zero-order valence-corrected chi connectivity index (χ0v) is 26.9. The van der Waals surface area contributed by atoms with Crippen molar-refractivity contribution in [3.8, 4) is 0 Å². The van der Waals surface area contributed by atoms with Crippen LogP contribution in [0.5, 0.6) is 0 Å². The maximum absolute atomic E-state index is 13.5. The summed E-state index contributed by atoms with van der Waals surface area (Å²) in [4.78, 5) is 87.6. The molecule has 0 aliphatic heterocycles. The van der Waals surface area contributed by atoms with Gasteiger partial charge in [0.05, 0.1) is 0 Å². The molecule has 0 bridgehead atoms. The third-order valence-electron chi connectivity index (χ3n) is 7.13. The number of aromatic nitrogens is 4. The fraction of sp³-hybridized carbons (Fsp3) is 0.600. The molecule has 0 radical (unpaired) electrons. The molecule has 3 aromatic heterocycles. The average molecular weight is 615 g/mol. The van der Waals surface area contributed by atoms with Gasteiger partial charge in [0.15, 0.2) is 11.4 Å². The quantitative estimate of drug-likeness (QED) is 0.321. The Morgan fingerprint density at radius 2 is 1.02 bits per heavy atom. The molecule has 2 amide bonds. The van der Waals surface area contributed by atoms with E-state index in [0.29, 0.717) is 12.8 Å². The Balaban J connectivity index is 2.03. The Hall–Kier alpha value is -4.36. The normalized spacial score (nSPS) is 15.0. The molecule has 240 valence electrons. The van der Waals surface area contributed by atoms with Crippen molar-refractivity contribution in [2.75, 3.05) is 0 Å². The van der Waals surface area contributed by atoms with Crippen molar-refractivity contribution >= 4 is 34.8 Å². The lowest BCUT2D eigenvalue weighted by molar-refractivity contribution is -0.159. The average Bonchev–Trinajstić information content (AvgIpc) is 3.56. The molecule has 0 spiro atoms. The molecule has 3 aromatic rings. The number of nitrogens with one attached hydrogen (secondary N) is 2. The van der Waals surface area contributed by atoms with Gasteiger partial charge < -0.3 is 20.1 Å². The van der Waals surface area contributed by atoms with E-state index < -0.39 is 58.2 Å². The second-order valence-electron chi connectivity index (χ2n) is 13.0. The van der Waals surface area contributed by atoms with Crippen LogP contribution in [-0.4, -0.2) is 65.8 Å². The number of nitrogens with zero attached hydrogens (tertiary/aromatic N) is 4. The molecule has 0 aliphatic rings. The zero-order valence-electron chi connectivity index (χ0n) is 26.9. The van der Waals surface area contributed by atoms with Crippen LogP contribution in [-0.2, 0) is 19.1 Å². The van der Waals surface area contributed by atoms with Crippen molar-refractivity contribution in [3.63, 3.8) is 0 Å². The van der Waals surface area contributed by atoms with E-state index in [1.807, 2.05) is 13.8 Å². The standard InChI is InChI=1S/C30H42N6O8/c1-11-15(3)17(27(41)43-29(5,6)7)33-23(37)19-21-25(39)36-14-32-20(22(36)26(40)35(21)13-31-19)24(38)34-18(16(4)12-2)28(42)44-30(8,9)10/h13-18H,11-12H2,1-10H3,(H,33,37)(H,34,38)/t15-,16-,17-,18-/m0/s1. The maximum Gasteiger partial charge on any atom is 0.329 e. The van der Waals surface area contributed by atoms with Crippen molar-refractivity contribution in [2.45, 2.75) is 105 Å². The lowest BCUT2D eigenvalue weighted by Gasteiger charge is -2.27. The smallest absolute Gasteiger partial charge is 0.329 e. The molecule has 0 saturated heterocycles. The van der Waals surface area contributed by atoms with Crippen LogP contribution in [0.3, 0.4) is 0 Å². The van der Waals surface area contributed by atoms with Crippen molar-refractivity contribution < 1.29 is 28.7 Å². The highest BCUT2D eigenvalue weighted by atomic mass is 16.6. The highest BCUT2D eigenvalue weighted by Gasteiger charge is 2.34. The maximum atomic E-state index is 13.5. The Bertz CT molecular complexity index is 1560. The van der Waals surface area contributed by atoms with E-state index in [4.69, 9.17) is 9.47 Å². The highest BCUT2D eigenvalue weighted by Crippen LogP contribution is 2.18. The number of carbonyl (C=O) groups is 4. The molecule has 0 saturated carbocycles. The molecule has 0 aromatic carbocycles. The summed E-state index contributed by atoms with van der Waals surface area (Å²) in [7, 11) is 0. The van der Waals surface area contributed by atoms with Crippen LogP contribution in [0.25, 0.3) is 11.0 Å². The second kappa shape index (κ2) is 12.7. The molecule has 14 nitrogen and oxygen atoms in total. The fourth-order valence-electron chi connectivity index (χ4n) is 4.46. The minimum atomic E-state index is -1.04. The topological polar surface area (TPSA) is 180 Å². The predicted octanol–water partition coefficient (Wildman–Crippen LogP) is 2.11. The van der Waals surface area contributed by atoms with Crippen molar-refractivity contribution in [3.05, 3.63) is 44.8 Å². The number of carbonyl (C=O) groups excluding carboxylic acids is 4. The van der Waals surface area contributed by atoms with Gasteiger partial charge in [-0.05, 0) is 53.4 Å². The van der Waals surface area contributed by atoms with E-state index >= 15 is 0 Å². The molecule has 14 heteroatoms. The molecule has 3 heterocycles. The van der Waals surface area contributed by atoms with Crippen molar-refractivity contribution in [1.82, 2.24) is 29.4 Å². The Labute approximate surface area is 254 Å². The third kappa shape index (κ3) is 7.22. The van der Waals surface area contributed by atoms with Gasteiger partial charge >= 0.3 is 11.9 Å². The molecule has 0 aliphatic carbocycles. The van der Waals surface area contributed by atoms with E-state index in [1.54, 1.807) is 55.4 Å². The van der Waals surface area contributed by atoms with Gasteiger partial charge in [-0.2, -0.15) is 0 Å². The van der Waals surface area contributed by atoms with Gasteiger partial charge in [0.1, 0.15) is 47.0 Å². The minimum absolute atomic E-state index is 0.314. The van der Waals surface area contributed by atoms with Crippen LogP contribution in [0.4, 0.5) is 0 Å². The molecule has 44 heavy (non-hydrogen) atoms. The largest absolute Gasteiger partial charge is 0.458 e. The Morgan fingerprint density at radius 3 is 1.30 bits per heavy atom. The molecule has 0 unspecified atom stereocenters. The van der Waals surface area contributed by atoms with Gasteiger partial charge in [-0.15, -0.1) is 0 Å². The number of fused-ring (bicyclic) bond motifs is 2. The van der Waals surface area contributed by atoms with Gasteiger partial charge in [0.25, 0.3) is 22.9 Å². The zero-order chi connectivity index (χ0) is 33.3. The van der Waals surface area contributed by atoms with Crippen LogP contribution in [0.15, 0.2) is 22.2 Å². The van der Waals surface area contributed by atoms with Gasteiger partial charge in [-0.25, -0.2) is 19.6 Å². The van der Waals surface area contributed by atoms with E-state index in [1.165, 1.54) is 0 Å². The Kier molecular flexibility index (Phi) is 9.86. The molecule has 3 rings (SSSR count). The lowest BCUT2D eigenvalue weighted by Crippen LogP contribution is -2.48. The summed E-state index contributed by atoms with van der Waals surface area (Å²) in [6.07, 6.45) is 3.07. The van der Waals surface area contributed by atoms with Gasteiger partial charge in [0, 0.05) is 0 Å². The molecule has 0 fully saturated rings. The lowest BCUT2D eigenvalue weighted by atomic mass is 9.98. The summed E-state index contributed by atoms with van der Waals surface area (Å²) >= 11 is 0. The summed E-state index contributed by atoms with van der Waals surface area (Å²) in [6, 6.07) is -2.08. The van der Waals surface area contributed by atoms with Gasteiger partial charge in [0.2, 0.25) is 0 Å². The van der Waals surface area contributed by atoms with Crippen LogP contribution in [0.2, 0.25) is 0 Å². The first-order valence-electron chi connectivity index (χ1n) is 14.6. The predicted molar refractivity (Wildman–Crippen MR) is 161 cm³/mol. The van der Waals surface area contributed by atoms with Crippen LogP contribution < -0.4 is 21.8 Å². The van der Waals surface area contributed by atoms with E-state index in [0.717, 1.165) is 21.5 Å². The molecule has 2 N–H and O–H groups in total. The van der Waals surface area contributed by atoms with Crippen molar-refractivity contribution in [2.24, 2.45) is 11.8 Å². The molecule has 4 atom stereocenters. The SMILES string of the molecule is CC[C@H](C)[C@H](NC(=O)c1ncn2c(=O)c3c(C(=O)N[C@H](C(=O)OC(C)(C)C)[C@@H](C)CC)ncn3c(=O)c12)C(=O)OC(C)(C)C. The number of imidazole rings is 2. The number of amides is 2. The summed E-state index contributed by atoms with van der Waals surface area (Å²) in [6.45, 7) is 17.5. The first kappa shape index (κ1) is 34.1. The van der Waals surface area contributed by atoms with E-state index in [2.05, 4.69) is 20.6 Å². The van der Waals surface area contributed by atoms with E-state index in [-0.39, 0.29) is 34.3 Å². The minimum Gasteiger partial charge on any atom is -0.458 e. The van der Waals surface area contributed by atoms with Gasteiger partial charge in [-0.1, -0.05) is 40.5 Å². The first-order chi connectivity index (χ1) is 20.3. The summed E-state index contributed by atoms with van der Waals surface area (Å²) in [5.74, 6) is -3.63. The van der Waals surface area contributed by atoms with Crippen LogP contribution in [0.1, 0.15) is 103 Å². The number of esters is 2. The second-order valence-corrected chi connectivity index (χ2v) is 13.0. The molecular formula is C30H42N6O8. The third-order valence-corrected chi connectivity index (χ3v) is 7.13. The van der Waals surface area contributed by atoms with E-state index in [9.17, 15) is 28.8 Å². The number of rotatable bonds is 10. The van der Waals surface area contributed by atoms with Gasteiger partial charge in [-0.3, -0.25) is 28.0 Å². The van der Waals surface area contributed by atoms with Crippen LogP contribution >= 0.6 is 0 Å².